The van der Waals surface area contributed by atoms with Crippen molar-refractivity contribution >= 4 is 29.6 Å². The maximum absolute atomic E-state index is 11.4. The molecular formula is C10H17NO6S. The highest BCUT2D eigenvalue weighted by Gasteiger charge is 2.29. The van der Waals surface area contributed by atoms with Crippen molar-refractivity contribution in [3.63, 3.8) is 0 Å². The van der Waals surface area contributed by atoms with E-state index in [1.54, 1.807) is 0 Å². The molecule has 1 amide bonds. The number of carboxylic acids is 2. The van der Waals surface area contributed by atoms with Crippen molar-refractivity contribution < 1.29 is 29.7 Å². The van der Waals surface area contributed by atoms with Crippen LogP contribution in [0.15, 0.2) is 0 Å². The number of amides is 1. The molecule has 0 rings (SSSR count). The molecule has 0 aliphatic rings. The molecule has 0 saturated carbocycles. The molecule has 0 saturated heterocycles. The van der Waals surface area contributed by atoms with E-state index in [0.29, 0.717) is 5.75 Å². The third-order valence-electron chi connectivity index (χ3n) is 2.17. The molecule has 0 aromatic rings. The fraction of sp³-hybridized carbons (Fsp3) is 0.700. The van der Waals surface area contributed by atoms with E-state index in [1.165, 1.54) is 11.8 Å². The molecule has 0 fully saturated rings. The zero-order valence-electron chi connectivity index (χ0n) is 9.96. The molecule has 18 heavy (non-hydrogen) atoms. The summed E-state index contributed by atoms with van der Waals surface area (Å²) in [5.74, 6) is -3.95. The quantitative estimate of drug-likeness (QED) is 0.328. The average Bonchev–Trinajstić information content (AvgIpc) is 2.28. The zero-order valence-corrected chi connectivity index (χ0v) is 10.8. The molecule has 0 aliphatic heterocycles. The summed E-state index contributed by atoms with van der Waals surface area (Å²) in [7, 11) is 0. The lowest BCUT2D eigenvalue weighted by atomic mass is 10.1. The minimum atomic E-state index is -1.63. The molecule has 0 heterocycles. The van der Waals surface area contributed by atoms with Gasteiger partial charge in [0.05, 0.1) is 6.61 Å². The van der Waals surface area contributed by atoms with Crippen LogP contribution in [0.3, 0.4) is 0 Å². The van der Waals surface area contributed by atoms with Crippen LogP contribution in [0.25, 0.3) is 0 Å². The number of rotatable bonds is 9. The largest absolute Gasteiger partial charge is 0.481 e. The average molecular weight is 279 g/mol. The summed E-state index contributed by atoms with van der Waals surface area (Å²) in [5, 5.41) is 28.4. The molecule has 0 aliphatic carbocycles. The van der Waals surface area contributed by atoms with Gasteiger partial charge in [0.1, 0.15) is 6.04 Å². The molecule has 0 radical (unpaired) electrons. The number of aliphatic hydroxyl groups is 1. The lowest BCUT2D eigenvalue weighted by Crippen LogP contribution is -2.46. The highest BCUT2D eigenvalue weighted by molar-refractivity contribution is 7.99. The van der Waals surface area contributed by atoms with Crippen LogP contribution >= 0.6 is 11.8 Å². The Morgan fingerprint density at radius 1 is 1.22 bits per heavy atom. The SMILES string of the molecule is CCSCCC(NC(=O)C(CO)C(=O)O)C(=O)O. The molecule has 0 bridgehead atoms. The summed E-state index contributed by atoms with van der Waals surface area (Å²) in [5.41, 5.74) is 0. The zero-order chi connectivity index (χ0) is 14.1. The number of aliphatic carboxylic acids is 2. The van der Waals surface area contributed by atoms with Gasteiger partial charge in [-0.25, -0.2) is 4.79 Å². The Labute approximate surface area is 109 Å². The van der Waals surface area contributed by atoms with Crippen LogP contribution < -0.4 is 5.32 Å². The summed E-state index contributed by atoms with van der Waals surface area (Å²) in [6.07, 6.45) is 0.206. The number of carbonyl (C=O) groups excluding carboxylic acids is 1. The van der Waals surface area contributed by atoms with Crippen LogP contribution in [0.4, 0.5) is 0 Å². The van der Waals surface area contributed by atoms with Gasteiger partial charge in [-0.1, -0.05) is 6.92 Å². The third-order valence-corrected chi connectivity index (χ3v) is 3.10. The second-order valence-corrected chi connectivity index (χ2v) is 4.85. The van der Waals surface area contributed by atoms with Crippen LogP contribution in [-0.2, 0) is 14.4 Å². The van der Waals surface area contributed by atoms with Crippen molar-refractivity contribution in [1.29, 1.82) is 0 Å². The molecule has 2 atom stereocenters. The number of hydrogen-bond acceptors (Lipinski definition) is 5. The Bertz CT molecular complexity index is 309. The summed E-state index contributed by atoms with van der Waals surface area (Å²) >= 11 is 1.52. The van der Waals surface area contributed by atoms with Crippen molar-refractivity contribution in [3.05, 3.63) is 0 Å². The number of nitrogens with one attached hydrogen (secondary N) is 1. The van der Waals surface area contributed by atoms with Gasteiger partial charge in [-0.2, -0.15) is 11.8 Å². The topological polar surface area (TPSA) is 124 Å². The Balaban J connectivity index is 4.43. The van der Waals surface area contributed by atoms with Crippen LogP contribution in [0.2, 0.25) is 0 Å². The van der Waals surface area contributed by atoms with Gasteiger partial charge in [-0.3, -0.25) is 9.59 Å². The van der Waals surface area contributed by atoms with E-state index in [1.807, 2.05) is 6.92 Å². The van der Waals surface area contributed by atoms with E-state index in [9.17, 15) is 14.4 Å². The number of carbonyl (C=O) groups is 3. The van der Waals surface area contributed by atoms with Crippen molar-refractivity contribution in [2.24, 2.45) is 5.92 Å². The fourth-order valence-electron chi connectivity index (χ4n) is 1.15. The summed E-state index contributed by atoms with van der Waals surface area (Å²) in [6.45, 7) is 1.06. The normalized spacial score (nSPS) is 13.7. The highest BCUT2D eigenvalue weighted by atomic mass is 32.2. The first-order valence-corrected chi connectivity index (χ1v) is 6.54. The van der Waals surface area contributed by atoms with Gasteiger partial charge in [0.15, 0.2) is 5.92 Å². The molecule has 0 aromatic carbocycles. The maximum atomic E-state index is 11.4. The standard InChI is InChI=1S/C10H17NO6S/c1-2-18-4-3-7(10(16)17)11-8(13)6(5-12)9(14)15/h6-7,12H,2-5H2,1H3,(H,11,13)(H,14,15)(H,16,17). The molecule has 104 valence electrons. The molecule has 2 unspecified atom stereocenters. The molecule has 0 spiro atoms. The fourth-order valence-corrected chi connectivity index (χ4v) is 1.84. The third kappa shape index (κ3) is 5.87. The minimum absolute atomic E-state index is 0.206. The van der Waals surface area contributed by atoms with Gasteiger partial charge < -0.3 is 20.6 Å². The molecule has 0 aromatic heterocycles. The summed E-state index contributed by atoms with van der Waals surface area (Å²) in [4.78, 5) is 32.9. The van der Waals surface area contributed by atoms with Crippen molar-refractivity contribution in [3.8, 4) is 0 Å². The van der Waals surface area contributed by atoms with E-state index in [-0.39, 0.29) is 6.42 Å². The van der Waals surface area contributed by atoms with Crippen LogP contribution in [0, 0.1) is 5.92 Å². The number of thioether (sulfide) groups is 1. The Morgan fingerprint density at radius 2 is 1.83 bits per heavy atom. The van der Waals surface area contributed by atoms with E-state index in [2.05, 4.69) is 5.32 Å². The van der Waals surface area contributed by atoms with Crippen LogP contribution in [0.1, 0.15) is 13.3 Å². The smallest absolute Gasteiger partial charge is 0.326 e. The lowest BCUT2D eigenvalue weighted by molar-refractivity contribution is -0.151. The van der Waals surface area contributed by atoms with E-state index in [0.717, 1.165) is 5.75 Å². The summed E-state index contributed by atoms with van der Waals surface area (Å²) in [6, 6.07) is -1.13. The predicted octanol–water partition coefficient (Wildman–Crippen LogP) is -0.608. The molecule has 8 heteroatoms. The molecule has 4 N–H and O–H groups in total. The predicted molar refractivity (Wildman–Crippen MR) is 65.4 cm³/mol. The number of aliphatic hydroxyl groups excluding tert-OH is 1. The van der Waals surface area contributed by atoms with E-state index in [4.69, 9.17) is 15.3 Å². The van der Waals surface area contributed by atoms with Gasteiger partial charge in [-0.05, 0) is 17.9 Å². The van der Waals surface area contributed by atoms with Crippen molar-refractivity contribution in [2.75, 3.05) is 18.1 Å². The first kappa shape index (κ1) is 16.7. The van der Waals surface area contributed by atoms with Crippen molar-refractivity contribution in [2.45, 2.75) is 19.4 Å². The minimum Gasteiger partial charge on any atom is -0.481 e. The first-order valence-electron chi connectivity index (χ1n) is 5.38. The lowest BCUT2D eigenvalue weighted by Gasteiger charge is -2.16. The summed E-state index contributed by atoms with van der Waals surface area (Å²) < 4.78 is 0. The second kappa shape index (κ2) is 8.76. The van der Waals surface area contributed by atoms with Gasteiger partial charge >= 0.3 is 11.9 Å². The first-order chi connectivity index (χ1) is 8.43. The van der Waals surface area contributed by atoms with Crippen LogP contribution in [0.5, 0.6) is 0 Å². The van der Waals surface area contributed by atoms with Crippen LogP contribution in [-0.4, -0.2) is 57.3 Å². The van der Waals surface area contributed by atoms with Crippen molar-refractivity contribution in [1.82, 2.24) is 5.32 Å². The van der Waals surface area contributed by atoms with Gasteiger partial charge in [-0.15, -0.1) is 0 Å². The van der Waals surface area contributed by atoms with E-state index >= 15 is 0 Å². The Kier molecular flexibility index (Phi) is 8.14. The number of hydrogen-bond donors (Lipinski definition) is 4. The van der Waals surface area contributed by atoms with Gasteiger partial charge in [0.2, 0.25) is 5.91 Å². The van der Waals surface area contributed by atoms with Gasteiger partial charge in [0.25, 0.3) is 0 Å². The highest BCUT2D eigenvalue weighted by Crippen LogP contribution is 2.06. The molecular weight excluding hydrogens is 262 g/mol. The molecule has 7 nitrogen and oxygen atoms in total. The monoisotopic (exact) mass is 279 g/mol. The Morgan fingerprint density at radius 3 is 2.22 bits per heavy atom. The van der Waals surface area contributed by atoms with E-state index < -0.39 is 36.4 Å². The Hall–Kier alpha value is -1.28. The maximum Gasteiger partial charge on any atom is 0.326 e. The second-order valence-electron chi connectivity index (χ2n) is 3.46. The number of carboxylic acid groups (broad SMARTS) is 2. The van der Waals surface area contributed by atoms with Gasteiger partial charge in [0, 0.05) is 0 Å².